The summed E-state index contributed by atoms with van der Waals surface area (Å²) in [5.74, 6) is 1.97. The van der Waals surface area contributed by atoms with Crippen LogP contribution in [0.3, 0.4) is 0 Å². The van der Waals surface area contributed by atoms with Crippen molar-refractivity contribution in [1.82, 2.24) is 5.32 Å². The first-order valence-electron chi connectivity index (χ1n) is 6.77. The number of hydrogen-bond donors (Lipinski definition) is 1. The molecular formula is C16H20BrNO. The Morgan fingerprint density at radius 3 is 2.58 bits per heavy atom. The second-order valence-electron chi connectivity index (χ2n) is 4.83. The van der Waals surface area contributed by atoms with Crippen molar-refractivity contribution in [3.8, 4) is 11.3 Å². The van der Waals surface area contributed by atoms with Gasteiger partial charge in [-0.15, -0.1) is 0 Å². The molecule has 0 saturated heterocycles. The minimum atomic E-state index is 0.448. The van der Waals surface area contributed by atoms with Crippen LogP contribution in [0, 0.1) is 0 Å². The molecule has 3 heteroatoms. The van der Waals surface area contributed by atoms with Crippen LogP contribution in [0.15, 0.2) is 45.3 Å². The lowest BCUT2D eigenvalue weighted by atomic mass is 10.2. The lowest BCUT2D eigenvalue weighted by molar-refractivity contribution is 0.464. The number of rotatable bonds is 6. The van der Waals surface area contributed by atoms with Crippen molar-refractivity contribution >= 4 is 15.9 Å². The molecule has 2 rings (SSSR count). The smallest absolute Gasteiger partial charge is 0.134 e. The standard InChI is InChI=1S/C16H20BrNO/c1-3-10-18-12(2)11-15-8-9-16(19-15)13-4-6-14(17)7-5-13/h4-9,12,18H,3,10-11H2,1-2H3. The number of hydrogen-bond acceptors (Lipinski definition) is 2. The minimum absolute atomic E-state index is 0.448. The third-order valence-corrected chi connectivity index (χ3v) is 3.57. The summed E-state index contributed by atoms with van der Waals surface area (Å²) in [5, 5.41) is 3.47. The van der Waals surface area contributed by atoms with E-state index in [0.29, 0.717) is 6.04 Å². The van der Waals surface area contributed by atoms with Gasteiger partial charge in [0.15, 0.2) is 0 Å². The van der Waals surface area contributed by atoms with Crippen molar-refractivity contribution < 1.29 is 4.42 Å². The van der Waals surface area contributed by atoms with Crippen LogP contribution in [0.1, 0.15) is 26.0 Å². The number of nitrogens with one attached hydrogen (secondary N) is 1. The Balaban J connectivity index is 2.00. The maximum absolute atomic E-state index is 5.90. The molecule has 2 aromatic rings. The molecule has 0 saturated carbocycles. The summed E-state index contributed by atoms with van der Waals surface area (Å²) in [6.07, 6.45) is 2.09. The average Bonchev–Trinajstić information content (AvgIpc) is 2.85. The zero-order valence-electron chi connectivity index (χ0n) is 11.4. The van der Waals surface area contributed by atoms with Crippen molar-refractivity contribution in [3.63, 3.8) is 0 Å². The van der Waals surface area contributed by atoms with Gasteiger partial charge < -0.3 is 9.73 Å². The normalized spacial score (nSPS) is 12.6. The number of furan rings is 1. The maximum atomic E-state index is 5.90. The largest absolute Gasteiger partial charge is 0.461 e. The molecule has 0 aliphatic heterocycles. The third kappa shape index (κ3) is 4.22. The van der Waals surface area contributed by atoms with Gasteiger partial charge in [0, 0.05) is 22.5 Å². The summed E-state index contributed by atoms with van der Waals surface area (Å²) in [5.41, 5.74) is 1.11. The highest BCUT2D eigenvalue weighted by Crippen LogP contribution is 2.24. The first-order valence-corrected chi connectivity index (χ1v) is 7.56. The highest BCUT2D eigenvalue weighted by Gasteiger charge is 2.08. The first-order chi connectivity index (χ1) is 9.19. The maximum Gasteiger partial charge on any atom is 0.134 e. The molecule has 0 aliphatic rings. The van der Waals surface area contributed by atoms with Crippen LogP contribution in [0.5, 0.6) is 0 Å². The molecule has 2 nitrogen and oxygen atoms in total. The highest BCUT2D eigenvalue weighted by molar-refractivity contribution is 9.10. The zero-order valence-corrected chi connectivity index (χ0v) is 13.0. The van der Waals surface area contributed by atoms with E-state index in [4.69, 9.17) is 4.42 Å². The van der Waals surface area contributed by atoms with Gasteiger partial charge in [-0.05, 0) is 44.2 Å². The molecule has 0 fully saturated rings. The molecule has 1 unspecified atom stereocenters. The summed E-state index contributed by atoms with van der Waals surface area (Å²) in [4.78, 5) is 0. The molecule has 19 heavy (non-hydrogen) atoms. The fourth-order valence-electron chi connectivity index (χ4n) is 2.02. The van der Waals surface area contributed by atoms with Gasteiger partial charge in [-0.25, -0.2) is 0 Å². The van der Waals surface area contributed by atoms with E-state index in [1.54, 1.807) is 0 Å². The van der Waals surface area contributed by atoms with Crippen molar-refractivity contribution in [2.45, 2.75) is 32.7 Å². The Morgan fingerprint density at radius 1 is 1.16 bits per heavy atom. The SMILES string of the molecule is CCCNC(C)Cc1ccc(-c2ccc(Br)cc2)o1. The van der Waals surface area contributed by atoms with Gasteiger partial charge in [0.1, 0.15) is 11.5 Å². The summed E-state index contributed by atoms with van der Waals surface area (Å²) in [6, 6.07) is 12.7. The van der Waals surface area contributed by atoms with Gasteiger partial charge in [-0.3, -0.25) is 0 Å². The van der Waals surface area contributed by atoms with Gasteiger partial charge in [-0.2, -0.15) is 0 Å². The van der Waals surface area contributed by atoms with E-state index in [9.17, 15) is 0 Å². The van der Waals surface area contributed by atoms with Gasteiger partial charge in [0.25, 0.3) is 0 Å². The lowest BCUT2D eigenvalue weighted by Gasteiger charge is -2.10. The molecule has 0 amide bonds. The lowest BCUT2D eigenvalue weighted by Crippen LogP contribution is -2.28. The van der Waals surface area contributed by atoms with Crippen molar-refractivity contribution in [1.29, 1.82) is 0 Å². The minimum Gasteiger partial charge on any atom is -0.461 e. The Morgan fingerprint density at radius 2 is 1.89 bits per heavy atom. The van der Waals surface area contributed by atoms with Crippen molar-refractivity contribution in [3.05, 3.63) is 46.6 Å². The average molecular weight is 322 g/mol. The molecule has 1 aromatic heterocycles. The summed E-state index contributed by atoms with van der Waals surface area (Å²) in [6.45, 7) is 5.43. The molecule has 0 radical (unpaired) electrons. The Bertz CT molecular complexity index is 504. The van der Waals surface area contributed by atoms with Crippen LogP contribution in [0.4, 0.5) is 0 Å². The van der Waals surface area contributed by atoms with E-state index in [2.05, 4.69) is 53.3 Å². The Hall–Kier alpha value is -1.06. The van der Waals surface area contributed by atoms with E-state index >= 15 is 0 Å². The topological polar surface area (TPSA) is 25.2 Å². The third-order valence-electron chi connectivity index (χ3n) is 3.04. The molecule has 0 bridgehead atoms. The Labute approximate surface area is 123 Å². The second kappa shape index (κ2) is 6.92. The second-order valence-corrected chi connectivity index (χ2v) is 5.75. The predicted molar refractivity (Wildman–Crippen MR) is 83.3 cm³/mol. The quantitative estimate of drug-likeness (QED) is 0.838. The van der Waals surface area contributed by atoms with Crippen molar-refractivity contribution in [2.24, 2.45) is 0 Å². The van der Waals surface area contributed by atoms with E-state index in [1.807, 2.05) is 18.2 Å². The fraction of sp³-hybridized carbons (Fsp3) is 0.375. The van der Waals surface area contributed by atoms with Crippen LogP contribution in [0.2, 0.25) is 0 Å². The van der Waals surface area contributed by atoms with E-state index < -0.39 is 0 Å². The predicted octanol–water partition coefficient (Wildman–Crippen LogP) is 4.64. The fourth-order valence-corrected chi connectivity index (χ4v) is 2.29. The van der Waals surface area contributed by atoms with Gasteiger partial charge in [-0.1, -0.05) is 35.0 Å². The summed E-state index contributed by atoms with van der Waals surface area (Å²) >= 11 is 3.44. The highest BCUT2D eigenvalue weighted by atomic mass is 79.9. The molecule has 102 valence electrons. The monoisotopic (exact) mass is 321 g/mol. The van der Waals surface area contributed by atoms with Crippen LogP contribution < -0.4 is 5.32 Å². The Kier molecular flexibility index (Phi) is 5.23. The molecular weight excluding hydrogens is 302 g/mol. The zero-order chi connectivity index (χ0) is 13.7. The first kappa shape index (κ1) is 14.4. The van der Waals surface area contributed by atoms with Gasteiger partial charge in [0.05, 0.1) is 0 Å². The molecule has 1 atom stereocenters. The van der Waals surface area contributed by atoms with Gasteiger partial charge >= 0.3 is 0 Å². The van der Waals surface area contributed by atoms with Crippen LogP contribution in [-0.4, -0.2) is 12.6 Å². The van der Waals surface area contributed by atoms with Crippen molar-refractivity contribution in [2.75, 3.05) is 6.54 Å². The molecule has 0 aliphatic carbocycles. The van der Waals surface area contributed by atoms with Crippen LogP contribution in [0.25, 0.3) is 11.3 Å². The van der Waals surface area contributed by atoms with E-state index in [1.165, 1.54) is 0 Å². The van der Waals surface area contributed by atoms with Crippen LogP contribution >= 0.6 is 15.9 Å². The number of benzene rings is 1. The number of halogens is 1. The van der Waals surface area contributed by atoms with E-state index in [0.717, 1.165) is 40.9 Å². The molecule has 1 heterocycles. The summed E-state index contributed by atoms with van der Waals surface area (Å²) < 4.78 is 6.99. The van der Waals surface area contributed by atoms with Gasteiger partial charge in [0.2, 0.25) is 0 Å². The molecule has 1 aromatic carbocycles. The molecule has 0 spiro atoms. The van der Waals surface area contributed by atoms with E-state index in [-0.39, 0.29) is 0 Å². The summed E-state index contributed by atoms with van der Waals surface area (Å²) in [7, 11) is 0. The van der Waals surface area contributed by atoms with Crippen LogP contribution in [-0.2, 0) is 6.42 Å². The molecule has 1 N–H and O–H groups in total.